The topological polar surface area (TPSA) is 285 Å². The summed E-state index contributed by atoms with van der Waals surface area (Å²) >= 11 is 0. The van der Waals surface area contributed by atoms with Crippen molar-refractivity contribution in [1.82, 2.24) is 35.1 Å². The maximum absolute atomic E-state index is 14.8. The number of nitrogens with one attached hydrogen (secondary N) is 3. The summed E-state index contributed by atoms with van der Waals surface area (Å²) in [5.41, 5.74) is 7.30. The van der Waals surface area contributed by atoms with E-state index in [4.69, 9.17) is 28.4 Å². The lowest BCUT2D eigenvalue weighted by Crippen LogP contribution is -2.67. The molecule has 90 heavy (non-hydrogen) atoms. The molecule has 5 aliphatic heterocycles. The van der Waals surface area contributed by atoms with Gasteiger partial charge in [-0.1, -0.05) is 23.8 Å². The molecule has 6 fully saturated rings. The Kier molecular flexibility index (Phi) is 20.0. The predicted octanol–water partition coefficient (Wildman–Crippen LogP) is 3.95. The first-order chi connectivity index (χ1) is 43.6. The highest BCUT2D eigenvalue weighted by Gasteiger charge is 2.70. The highest BCUT2D eigenvalue weighted by atomic mass is 16.6. The smallest absolute Gasteiger partial charge is 0.409 e. The fourth-order valence-electron chi connectivity index (χ4n) is 15.1. The lowest BCUT2D eigenvalue weighted by Gasteiger charge is -2.46. The zero-order valence-corrected chi connectivity index (χ0v) is 51.7. The van der Waals surface area contributed by atoms with Gasteiger partial charge in [0.25, 0.3) is 11.8 Å². The van der Waals surface area contributed by atoms with Crippen molar-refractivity contribution >= 4 is 70.7 Å². The highest BCUT2D eigenvalue weighted by molar-refractivity contribution is 6.25. The van der Waals surface area contributed by atoms with Crippen LogP contribution in [0.1, 0.15) is 116 Å². The number of hydrogen-bond acceptors (Lipinski definition) is 18. The van der Waals surface area contributed by atoms with Crippen molar-refractivity contribution in [2.45, 2.75) is 119 Å². The first kappa shape index (κ1) is 63.8. The Hall–Kier alpha value is -7.74. The summed E-state index contributed by atoms with van der Waals surface area (Å²) in [6, 6.07) is 10.4. The van der Waals surface area contributed by atoms with E-state index in [2.05, 4.69) is 45.1 Å². The van der Waals surface area contributed by atoms with Crippen molar-refractivity contribution in [2.24, 2.45) is 11.8 Å². The molecule has 0 radical (unpaired) electrons. The minimum absolute atomic E-state index is 0.0222. The van der Waals surface area contributed by atoms with Gasteiger partial charge >= 0.3 is 12.2 Å². The molecule has 0 aromatic heterocycles. The number of amides is 9. The van der Waals surface area contributed by atoms with Gasteiger partial charge in [0.1, 0.15) is 18.1 Å². The molecule has 4 saturated heterocycles. The fraction of sp³-hybridized carbons (Fsp3) is 0.600. The Morgan fingerprint density at radius 1 is 0.722 bits per heavy atom. The van der Waals surface area contributed by atoms with Gasteiger partial charge in [-0.3, -0.25) is 48.6 Å². The average Bonchev–Trinajstić information content (AvgIpc) is 1.52. The minimum Gasteiger partial charge on any atom is -0.453 e. The second kappa shape index (κ2) is 28.2. The number of methoxy groups -OCH3 is 2. The molecular weight excluding hydrogens is 1160 g/mol. The van der Waals surface area contributed by atoms with E-state index < -0.39 is 65.8 Å². The van der Waals surface area contributed by atoms with Gasteiger partial charge in [0.05, 0.1) is 76.6 Å². The molecular formula is C65H83N9O16. The largest absolute Gasteiger partial charge is 0.453 e. The van der Waals surface area contributed by atoms with Gasteiger partial charge in [0.2, 0.25) is 29.5 Å². The molecule has 25 nitrogen and oxygen atoms in total. The molecule has 9 aliphatic rings. The van der Waals surface area contributed by atoms with E-state index in [1.165, 1.54) is 56.9 Å². The standard InChI is InChI=1S/C65H83N9O16/c1-69(42-14-11-40(12-15-42)47-37-65-48(19-21-53(65)90-65)45-17-13-41-36-43(75)16-18-44(41)56(45)47)25-5-10-55(77)72-28-26-71(64(84)86-3)39-52(72)61(81)73-29-27-70(63(83)85-2)38-51(73)58(78)67-24-7-31-88-33-35-89-34-32-87-30-6-23-66-49-9-4-8-46-57(49)62(82)74(60(46)80)50-20-22-54(76)68-59(50)79/h4,8-9,11-12,14-15,36,45,47-48,50-53,66H,5-7,10,13,16-35,37-39H2,1-3H3,(H,67,78)(H,68,76,79)/t45-,47+,48?,50?,51?,52?,53-,65+/m0/s1. The lowest BCUT2D eigenvalue weighted by atomic mass is 9.58. The van der Waals surface area contributed by atoms with Crippen LogP contribution in [0.5, 0.6) is 0 Å². The van der Waals surface area contributed by atoms with Crippen LogP contribution in [-0.2, 0) is 57.2 Å². The Labute approximate surface area is 523 Å². The van der Waals surface area contributed by atoms with Crippen LogP contribution < -0.4 is 20.9 Å². The van der Waals surface area contributed by atoms with Crippen LogP contribution in [0.2, 0.25) is 0 Å². The van der Waals surface area contributed by atoms with Gasteiger partial charge < -0.3 is 63.6 Å². The first-order valence-corrected chi connectivity index (χ1v) is 31.9. The molecule has 9 amide bonds. The number of benzene rings is 2. The Bertz CT molecular complexity index is 3190. The van der Waals surface area contributed by atoms with E-state index in [0.717, 1.165) is 42.7 Å². The van der Waals surface area contributed by atoms with Crippen LogP contribution in [0.25, 0.3) is 0 Å². The van der Waals surface area contributed by atoms with Crippen LogP contribution in [0.15, 0.2) is 65.3 Å². The lowest BCUT2D eigenvalue weighted by molar-refractivity contribution is -0.154. The van der Waals surface area contributed by atoms with Crippen LogP contribution in [0, 0.1) is 11.8 Å². The molecule has 4 unspecified atom stereocenters. The van der Waals surface area contributed by atoms with Crippen molar-refractivity contribution in [3.8, 4) is 0 Å². The first-order valence-electron chi connectivity index (χ1n) is 31.9. The number of nitrogens with zero attached hydrogens (tertiary/aromatic N) is 6. The van der Waals surface area contributed by atoms with Gasteiger partial charge in [0, 0.05) is 103 Å². The molecule has 0 bridgehead atoms. The van der Waals surface area contributed by atoms with Crippen LogP contribution in [0.4, 0.5) is 21.0 Å². The molecule has 1 spiro atoms. The number of rotatable bonds is 24. The number of piperidine rings is 1. The van der Waals surface area contributed by atoms with E-state index >= 15 is 0 Å². The summed E-state index contributed by atoms with van der Waals surface area (Å²) in [5, 5.41) is 8.28. The molecule has 2 saturated carbocycles. The van der Waals surface area contributed by atoms with Gasteiger partial charge in [-0.2, -0.15) is 0 Å². The summed E-state index contributed by atoms with van der Waals surface area (Å²) in [7, 11) is 4.49. The number of imide groups is 2. The second-order valence-corrected chi connectivity index (χ2v) is 24.8. The summed E-state index contributed by atoms with van der Waals surface area (Å²) in [6.45, 7) is 3.09. The van der Waals surface area contributed by atoms with Crippen molar-refractivity contribution in [3.63, 3.8) is 0 Å². The third kappa shape index (κ3) is 13.4. The van der Waals surface area contributed by atoms with E-state index in [0.29, 0.717) is 95.4 Å². The molecule has 25 heteroatoms. The van der Waals surface area contributed by atoms with Crippen molar-refractivity contribution in [2.75, 3.05) is 130 Å². The third-order valence-corrected chi connectivity index (χ3v) is 19.6. The number of piperazine rings is 2. The third-order valence-electron chi connectivity index (χ3n) is 19.6. The summed E-state index contributed by atoms with van der Waals surface area (Å²) < 4.78 is 33.6. The van der Waals surface area contributed by atoms with Crippen molar-refractivity contribution in [3.05, 3.63) is 82.0 Å². The average molecular weight is 1250 g/mol. The van der Waals surface area contributed by atoms with E-state index in [9.17, 15) is 47.9 Å². The number of hydrogen-bond donors (Lipinski definition) is 3. The molecule has 4 aliphatic carbocycles. The summed E-state index contributed by atoms with van der Waals surface area (Å²) in [5.74, 6) is -2.05. The zero-order valence-electron chi connectivity index (χ0n) is 51.7. The molecule has 484 valence electrons. The monoisotopic (exact) mass is 1250 g/mol. The number of carbonyl (C=O) groups is 10. The van der Waals surface area contributed by atoms with E-state index in [-0.39, 0.29) is 106 Å². The fourth-order valence-corrected chi connectivity index (χ4v) is 15.1. The van der Waals surface area contributed by atoms with E-state index in [1.54, 1.807) is 23.8 Å². The number of allylic oxidation sites excluding steroid dienone is 4. The van der Waals surface area contributed by atoms with Gasteiger partial charge in [-0.05, 0) is 123 Å². The maximum Gasteiger partial charge on any atom is 0.409 e. The molecule has 2 aromatic rings. The normalized spacial score (nSPS) is 26.0. The molecule has 11 rings (SSSR count). The second-order valence-electron chi connectivity index (χ2n) is 24.8. The van der Waals surface area contributed by atoms with Gasteiger partial charge in [0.15, 0.2) is 5.78 Å². The van der Waals surface area contributed by atoms with Crippen molar-refractivity contribution < 1.29 is 76.4 Å². The molecule has 2 aromatic carbocycles. The predicted molar refractivity (Wildman–Crippen MR) is 324 cm³/mol. The van der Waals surface area contributed by atoms with Gasteiger partial charge in [-0.25, -0.2) is 9.59 Å². The number of epoxide rings is 1. The van der Waals surface area contributed by atoms with Gasteiger partial charge in [-0.15, -0.1) is 0 Å². The van der Waals surface area contributed by atoms with E-state index in [1.807, 2.05) is 13.1 Å². The number of ether oxygens (including phenoxy) is 6. The number of ketones is 1. The van der Waals surface area contributed by atoms with Crippen LogP contribution >= 0.6 is 0 Å². The molecule has 5 heterocycles. The quantitative estimate of drug-likeness (QED) is 0.0762. The number of fused-ring (bicyclic) bond motifs is 4. The summed E-state index contributed by atoms with van der Waals surface area (Å²) in [4.78, 5) is 141. The highest BCUT2D eigenvalue weighted by Crippen LogP contribution is 2.68. The number of carbonyl (C=O) groups excluding carboxylic acids is 10. The molecule has 3 N–H and O–H groups in total. The Morgan fingerprint density at radius 3 is 2.11 bits per heavy atom. The Morgan fingerprint density at radius 2 is 1.41 bits per heavy atom. The number of anilines is 2. The summed E-state index contributed by atoms with van der Waals surface area (Å²) in [6.07, 6.45) is 9.44. The zero-order chi connectivity index (χ0) is 63.2. The Balaban J connectivity index is 0.609. The van der Waals surface area contributed by atoms with Crippen molar-refractivity contribution in [1.29, 1.82) is 0 Å². The minimum atomic E-state index is -1.13. The maximum atomic E-state index is 14.8. The van der Waals surface area contributed by atoms with Crippen LogP contribution in [0.3, 0.4) is 0 Å². The van der Waals surface area contributed by atoms with Crippen LogP contribution in [-0.4, -0.2) is 233 Å². The SMILES string of the molecule is COC(=O)N1CCN(C(=O)CCCN(C)c2ccc([C@H]3C[C@]45O[C@H]4CCC5[C@@H]4CCC5=CC(=O)CCC5=C43)cc2)C(C(=O)N2CCN(C(=O)OC)CC2C(=O)NCCCOCCOCCOCCCNc2cccc3c2C(=O)N(C2CCC(=O)NC2=O)C3=O)C1. The molecule has 8 atom stereocenters.